The van der Waals surface area contributed by atoms with Gasteiger partial charge in [0, 0.05) is 5.02 Å². The Hall–Kier alpha value is -0.460. The molecule has 14 heavy (non-hydrogen) atoms. The Bertz CT molecular complexity index is 351. The normalized spacial score (nSPS) is 14.2. The average Bonchev–Trinajstić information content (AvgIpc) is 2.11. The molecule has 0 heterocycles. The van der Waals surface area contributed by atoms with Crippen molar-refractivity contribution in [3.05, 3.63) is 39.9 Å². The summed E-state index contributed by atoms with van der Waals surface area (Å²) in [5.74, 6) is 0. The topological polar surface area (TPSA) is 0 Å². The highest BCUT2D eigenvalue weighted by Crippen LogP contribution is 2.20. The Labute approximate surface area is 95.5 Å². The van der Waals surface area contributed by atoms with Gasteiger partial charge in [0.15, 0.2) is 0 Å². The van der Waals surface area contributed by atoms with Gasteiger partial charge < -0.3 is 0 Å². The van der Waals surface area contributed by atoms with Gasteiger partial charge in [0.05, 0.1) is 5.38 Å². The molecule has 1 unspecified atom stereocenters. The number of allylic oxidation sites excluding steroid dienone is 1. The van der Waals surface area contributed by atoms with Crippen LogP contribution in [0.1, 0.15) is 25.0 Å². The first-order valence-corrected chi connectivity index (χ1v) is 5.40. The first kappa shape index (κ1) is 11.6. The van der Waals surface area contributed by atoms with Crippen LogP contribution in [0.25, 0.3) is 6.08 Å². The minimum absolute atomic E-state index is 0.0649. The lowest BCUT2D eigenvalue weighted by molar-refractivity contribution is 1.12. The van der Waals surface area contributed by atoms with Crippen LogP contribution in [-0.2, 0) is 0 Å². The van der Waals surface area contributed by atoms with Gasteiger partial charge in [-0.15, -0.1) is 11.6 Å². The van der Waals surface area contributed by atoms with Gasteiger partial charge in [0.25, 0.3) is 0 Å². The molecule has 0 saturated heterocycles. The van der Waals surface area contributed by atoms with Crippen molar-refractivity contribution in [2.24, 2.45) is 0 Å². The van der Waals surface area contributed by atoms with Crippen molar-refractivity contribution < 1.29 is 0 Å². The maximum atomic E-state index is 6.01. The van der Waals surface area contributed by atoms with Crippen LogP contribution < -0.4 is 0 Å². The monoisotopic (exact) mass is 228 g/mol. The molecule has 0 fully saturated rings. The molecular weight excluding hydrogens is 215 g/mol. The van der Waals surface area contributed by atoms with Gasteiger partial charge in [-0.2, -0.15) is 0 Å². The Morgan fingerprint density at radius 3 is 2.57 bits per heavy atom. The summed E-state index contributed by atoms with van der Waals surface area (Å²) in [5.41, 5.74) is 3.34. The lowest BCUT2D eigenvalue weighted by Crippen LogP contribution is -1.91. The molecular formula is C12H14Cl2. The van der Waals surface area contributed by atoms with Crippen LogP contribution >= 0.6 is 23.2 Å². The van der Waals surface area contributed by atoms with Gasteiger partial charge in [-0.25, -0.2) is 0 Å². The van der Waals surface area contributed by atoms with Gasteiger partial charge in [-0.3, -0.25) is 0 Å². The average molecular weight is 229 g/mol. The van der Waals surface area contributed by atoms with E-state index in [1.807, 2.05) is 39.0 Å². The summed E-state index contributed by atoms with van der Waals surface area (Å²) < 4.78 is 0. The van der Waals surface area contributed by atoms with Crippen molar-refractivity contribution in [1.82, 2.24) is 0 Å². The summed E-state index contributed by atoms with van der Waals surface area (Å²) in [6, 6.07) is 6.02. The molecule has 76 valence electrons. The summed E-state index contributed by atoms with van der Waals surface area (Å²) >= 11 is 12.0. The fourth-order valence-corrected chi connectivity index (χ4v) is 1.33. The highest BCUT2D eigenvalue weighted by molar-refractivity contribution is 6.31. The number of aryl methyl sites for hydroxylation is 1. The van der Waals surface area contributed by atoms with E-state index in [0.29, 0.717) is 0 Å². The maximum absolute atomic E-state index is 6.01. The largest absolute Gasteiger partial charge is 0.118 e. The fourth-order valence-electron chi connectivity index (χ4n) is 1.08. The van der Waals surface area contributed by atoms with Crippen molar-refractivity contribution in [3.63, 3.8) is 0 Å². The molecule has 0 nitrogen and oxygen atoms in total. The van der Waals surface area contributed by atoms with Gasteiger partial charge in [-0.1, -0.05) is 35.4 Å². The standard InChI is InChI=1S/C12H14Cl2/c1-8-4-5-11(7-12(8)14)6-9(2)10(3)13/h4-7,10H,1-3H3/b9-6+. The zero-order chi connectivity index (χ0) is 10.7. The van der Waals surface area contributed by atoms with Gasteiger partial charge in [0.2, 0.25) is 0 Å². The number of hydrogen-bond donors (Lipinski definition) is 0. The summed E-state index contributed by atoms with van der Waals surface area (Å²) in [5, 5.41) is 0.865. The molecule has 0 aliphatic heterocycles. The minimum Gasteiger partial charge on any atom is -0.118 e. The van der Waals surface area contributed by atoms with E-state index in [1.54, 1.807) is 0 Å². The molecule has 0 saturated carbocycles. The second kappa shape index (κ2) is 4.86. The Kier molecular flexibility index (Phi) is 4.03. The summed E-state index contributed by atoms with van der Waals surface area (Å²) in [4.78, 5) is 0. The van der Waals surface area contributed by atoms with Crippen LogP contribution in [0.5, 0.6) is 0 Å². The first-order chi connectivity index (χ1) is 6.50. The summed E-state index contributed by atoms with van der Waals surface area (Å²) in [6.07, 6.45) is 2.06. The van der Waals surface area contributed by atoms with E-state index in [2.05, 4.69) is 6.08 Å². The molecule has 0 aromatic heterocycles. The molecule has 1 atom stereocenters. The van der Waals surface area contributed by atoms with E-state index in [9.17, 15) is 0 Å². The number of hydrogen-bond acceptors (Lipinski definition) is 0. The van der Waals surface area contributed by atoms with E-state index in [1.165, 1.54) is 0 Å². The number of benzene rings is 1. The van der Waals surface area contributed by atoms with E-state index in [0.717, 1.165) is 21.7 Å². The molecule has 1 aromatic rings. The second-order valence-electron chi connectivity index (χ2n) is 3.51. The third-order valence-electron chi connectivity index (χ3n) is 2.22. The van der Waals surface area contributed by atoms with Crippen molar-refractivity contribution in [2.75, 3.05) is 0 Å². The molecule has 1 aromatic carbocycles. The number of halogens is 2. The molecule has 0 N–H and O–H groups in total. The highest BCUT2D eigenvalue weighted by atomic mass is 35.5. The molecule has 0 amide bonds. The van der Waals surface area contributed by atoms with Gasteiger partial charge >= 0.3 is 0 Å². The van der Waals surface area contributed by atoms with Crippen LogP contribution in [0.4, 0.5) is 0 Å². The summed E-state index contributed by atoms with van der Waals surface area (Å²) in [7, 11) is 0. The quantitative estimate of drug-likeness (QED) is 0.646. The molecule has 2 heteroatoms. The zero-order valence-corrected chi connectivity index (χ0v) is 10.2. The smallest absolute Gasteiger partial charge is 0.0517 e. The van der Waals surface area contributed by atoms with Crippen LogP contribution in [0.2, 0.25) is 5.02 Å². The molecule has 0 spiro atoms. The van der Waals surface area contributed by atoms with Crippen molar-refractivity contribution in [3.8, 4) is 0 Å². The van der Waals surface area contributed by atoms with Crippen LogP contribution in [0.15, 0.2) is 23.8 Å². The predicted molar refractivity (Wildman–Crippen MR) is 65.2 cm³/mol. The van der Waals surface area contributed by atoms with E-state index < -0.39 is 0 Å². The SMILES string of the molecule is C/C(=C\c1ccc(C)c(Cl)c1)C(C)Cl. The molecule has 0 aliphatic rings. The predicted octanol–water partition coefficient (Wildman–Crippen LogP) is 4.68. The molecule has 0 radical (unpaired) electrons. The third kappa shape index (κ3) is 3.04. The third-order valence-corrected chi connectivity index (χ3v) is 2.97. The Morgan fingerprint density at radius 1 is 1.43 bits per heavy atom. The second-order valence-corrected chi connectivity index (χ2v) is 4.57. The van der Waals surface area contributed by atoms with Gasteiger partial charge in [0.1, 0.15) is 0 Å². The molecule has 0 bridgehead atoms. The maximum Gasteiger partial charge on any atom is 0.0517 e. The lowest BCUT2D eigenvalue weighted by atomic mass is 10.1. The van der Waals surface area contributed by atoms with E-state index in [4.69, 9.17) is 23.2 Å². The van der Waals surface area contributed by atoms with E-state index in [-0.39, 0.29) is 5.38 Å². The van der Waals surface area contributed by atoms with Crippen molar-refractivity contribution in [1.29, 1.82) is 0 Å². The van der Waals surface area contributed by atoms with Crippen molar-refractivity contribution in [2.45, 2.75) is 26.1 Å². The Morgan fingerprint density at radius 2 is 2.07 bits per heavy atom. The molecule has 0 aliphatic carbocycles. The van der Waals surface area contributed by atoms with Crippen LogP contribution in [-0.4, -0.2) is 5.38 Å². The van der Waals surface area contributed by atoms with Crippen molar-refractivity contribution >= 4 is 29.3 Å². The fraction of sp³-hybridized carbons (Fsp3) is 0.333. The highest BCUT2D eigenvalue weighted by Gasteiger charge is 2.00. The van der Waals surface area contributed by atoms with E-state index >= 15 is 0 Å². The van der Waals surface area contributed by atoms with Crippen LogP contribution in [0, 0.1) is 6.92 Å². The zero-order valence-electron chi connectivity index (χ0n) is 8.64. The first-order valence-electron chi connectivity index (χ1n) is 4.59. The number of alkyl halides is 1. The summed E-state index contributed by atoms with van der Waals surface area (Å²) in [6.45, 7) is 5.97. The lowest BCUT2D eigenvalue weighted by Gasteiger charge is -2.04. The Balaban J connectivity index is 2.98. The number of rotatable bonds is 2. The molecule has 1 rings (SSSR count). The minimum atomic E-state index is 0.0649. The van der Waals surface area contributed by atoms with Gasteiger partial charge in [-0.05, 0) is 38.0 Å². The van der Waals surface area contributed by atoms with Crippen LogP contribution in [0.3, 0.4) is 0 Å².